The van der Waals surface area contributed by atoms with Crippen LogP contribution in [0.2, 0.25) is 10.0 Å². The molecule has 1 aliphatic rings. The molecular weight excluding hydrogens is 837 g/mol. The number of hydrogen-bond donors (Lipinski definition) is 2. The molecule has 2 unspecified atom stereocenters. The fraction of sp³-hybridized carbons (Fsp3) is 0.186. The average molecular weight is 875 g/mol. The van der Waals surface area contributed by atoms with E-state index in [0.29, 0.717) is 80.4 Å². The number of piperidine rings is 1. The van der Waals surface area contributed by atoms with Gasteiger partial charge in [0.2, 0.25) is 11.9 Å². The van der Waals surface area contributed by atoms with Gasteiger partial charge in [0.25, 0.3) is 0 Å². The third kappa shape index (κ3) is 9.33. The lowest BCUT2D eigenvalue weighted by molar-refractivity contribution is 0.0297. The summed E-state index contributed by atoms with van der Waals surface area (Å²) in [5.74, 6) is -0.352. The molecule has 0 aliphatic carbocycles. The molecule has 314 valence electrons. The van der Waals surface area contributed by atoms with E-state index < -0.39 is 24.2 Å². The van der Waals surface area contributed by atoms with Crippen molar-refractivity contribution in [1.82, 2.24) is 44.4 Å². The van der Waals surface area contributed by atoms with Crippen LogP contribution < -0.4 is 10.6 Å². The number of methoxy groups -OCH3 is 2. The highest BCUT2D eigenvalue weighted by molar-refractivity contribution is 6.33. The maximum atomic E-state index is 13.7. The number of ether oxygens (including phenoxy) is 3. The lowest BCUT2D eigenvalue weighted by Gasteiger charge is -2.38. The summed E-state index contributed by atoms with van der Waals surface area (Å²) in [6.07, 6.45) is 9.86. The van der Waals surface area contributed by atoms with E-state index in [1.54, 1.807) is 76.7 Å². The lowest BCUT2D eigenvalue weighted by atomic mass is 10.0. The monoisotopic (exact) mass is 873 g/mol. The Morgan fingerprint density at radius 3 is 1.74 bits per heavy atom. The second-order valence-corrected chi connectivity index (χ2v) is 14.8. The molecule has 2 atom stereocenters. The molecule has 19 heteroatoms. The molecule has 17 nitrogen and oxygen atoms in total. The highest BCUT2D eigenvalue weighted by Crippen LogP contribution is 2.36. The standard InChI is InChI=1S/C43H37Cl2N11O6/c1-60-39(57)29-12-8-27(9-13-29)37-34(44)21-46-41(52-37)50-31-19-48-55(23-31)33-16-17-54(43(59)62-25-26-6-4-3-5-7-26)36(18-33)56-24-32(20-49-56)51-42-47-22-35(45)38(53-42)28-10-14-30(15-11-28)40(58)61-2/h3-15,19-24,33,36H,16-18,25H2,1-2H3,(H,46,50,52)(H,47,51,53). The number of aromatic nitrogens is 8. The third-order valence-electron chi connectivity index (χ3n) is 10.0. The Balaban J connectivity index is 0.999. The Hall–Kier alpha value is -7.37. The van der Waals surface area contributed by atoms with Crippen molar-refractivity contribution in [2.45, 2.75) is 31.7 Å². The van der Waals surface area contributed by atoms with E-state index in [1.807, 2.05) is 41.2 Å². The summed E-state index contributed by atoms with van der Waals surface area (Å²) < 4.78 is 18.9. The van der Waals surface area contributed by atoms with Gasteiger partial charge in [-0.25, -0.2) is 39.0 Å². The number of amides is 1. The number of hydrogen-bond acceptors (Lipinski definition) is 14. The molecule has 3 aromatic carbocycles. The van der Waals surface area contributed by atoms with Crippen molar-refractivity contribution >= 4 is 64.5 Å². The van der Waals surface area contributed by atoms with Gasteiger partial charge in [-0.3, -0.25) is 9.58 Å². The molecular formula is C43H37Cl2N11O6. The second kappa shape index (κ2) is 18.5. The predicted molar refractivity (Wildman–Crippen MR) is 229 cm³/mol. The fourth-order valence-electron chi connectivity index (χ4n) is 6.88. The molecule has 5 heterocycles. The molecule has 2 N–H and O–H groups in total. The highest BCUT2D eigenvalue weighted by Gasteiger charge is 2.36. The van der Waals surface area contributed by atoms with Crippen molar-refractivity contribution in [2.24, 2.45) is 0 Å². The summed E-state index contributed by atoms with van der Waals surface area (Å²) in [7, 11) is 2.65. The van der Waals surface area contributed by atoms with Crippen LogP contribution in [0.3, 0.4) is 0 Å². The zero-order valence-corrected chi connectivity index (χ0v) is 34.7. The van der Waals surface area contributed by atoms with Gasteiger partial charge in [0.05, 0.1) is 95.2 Å². The number of benzene rings is 3. The predicted octanol–water partition coefficient (Wildman–Crippen LogP) is 8.53. The number of nitrogens with zero attached hydrogens (tertiary/aromatic N) is 9. The largest absolute Gasteiger partial charge is 0.465 e. The summed E-state index contributed by atoms with van der Waals surface area (Å²) in [5, 5.41) is 16.4. The van der Waals surface area contributed by atoms with Gasteiger partial charge in [-0.15, -0.1) is 0 Å². The minimum absolute atomic E-state index is 0.112. The first kappa shape index (κ1) is 41.4. The quantitative estimate of drug-likeness (QED) is 0.0876. The van der Waals surface area contributed by atoms with Crippen molar-refractivity contribution in [3.63, 3.8) is 0 Å². The Morgan fingerprint density at radius 1 is 0.694 bits per heavy atom. The number of likely N-dealkylation sites (tertiary alicyclic amines) is 1. The second-order valence-electron chi connectivity index (χ2n) is 14.0. The number of halogens is 2. The van der Waals surface area contributed by atoms with E-state index >= 15 is 0 Å². The summed E-state index contributed by atoms with van der Waals surface area (Å²) in [6, 6.07) is 22.8. The van der Waals surface area contributed by atoms with Crippen molar-refractivity contribution in [3.05, 3.63) is 143 Å². The molecule has 1 fully saturated rings. The van der Waals surface area contributed by atoms with Crippen LogP contribution in [0, 0.1) is 0 Å². The van der Waals surface area contributed by atoms with Crippen LogP contribution in [0.4, 0.5) is 28.1 Å². The van der Waals surface area contributed by atoms with Crippen LogP contribution in [0.25, 0.3) is 22.5 Å². The van der Waals surface area contributed by atoms with E-state index in [9.17, 15) is 14.4 Å². The normalized spacial score (nSPS) is 14.8. The highest BCUT2D eigenvalue weighted by atomic mass is 35.5. The van der Waals surface area contributed by atoms with Crippen LogP contribution in [0.15, 0.2) is 116 Å². The molecule has 0 bridgehead atoms. The molecule has 0 radical (unpaired) electrons. The Bertz CT molecular complexity index is 2710. The molecule has 0 saturated carbocycles. The van der Waals surface area contributed by atoms with E-state index in [-0.39, 0.29) is 18.6 Å². The summed E-state index contributed by atoms with van der Waals surface area (Å²) >= 11 is 13.0. The van der Waals surface area contributed by atoms with Crippen LogP contribution in [0.5, 0.6) is 0 Å². The molecule has 4 aromatic heterocycles. The number of anilines is 4. The van der Waals surface area contributed by atoms with Crippen LogP contribution in [-0.2, 0) is 20.8 Å². The number of carbonyl (C=O) groups is 3. The Morgan fingerprint density at radius 2 is 1.21 bits per heavy atom. The van der Waals surface area contributed by atoms with E-state index in [0.717, 1.165) is 5.56 Å². The molecule has 1 saturated heterocycles. The minimum atomic E-state index is -0.559. The van der Waals surface area contributed by atoms with Crippen LogP contribution in [0.1, 0.15) is 51.3 Å². The Kier molecular flexibility index (Phi) is 12.3. The summed E-state index contributed by atoms with van der Waals surface area (Å²) in [6.45, 7) is 0.465. The van der Waals surface area contributed by atoms with Gasteiger partial charge in [-0.05, 0) is 36.2 Å². The third-order valence-corrected chi connectivity index (χ3v) is 10.6. The van der Waals surface area contributed by atoms with Crippen molar-refractivity contribution in [1.29, 1.82) is 0 Å². The zero-order valence-electron chi connectivity index (χ0n) is 33.2. The SMILES string of the molecule is COC(=O)c1ccc(-c2nc(Nc3cnn(C4CCN(C(=O)OCc5ccccc5)C(n5cc(Nc6ncc(Cl)c(-c7ccc(C(=O)OC)cc7)n6)cn5)C4)c3)ncc2Cl)cc1. The number of rotatable bonds is 12. The zero-order chi connectivity index (χ0) is 43.2. The first-order valence-electron chi connectivity index (χ1n) is 19.2. The van der Waals surface area contributed by atoms with Crippen molar-refractivity contribution in [2.75, 3.05) is 31.4 Å². The van der Waals surface area contributed by atoms with Crippen molar-refractivity contribution in [3.8, 4) is 22.5 Å². The number of esters is 2. The maximum Gasteiger partial charge on any atom is 0.411 e. The van der Waals surface area contributed by atoms with Gasteiger partial charge in [0.15, 0.2) is 0 Å². The fourth-order valence-corrected chi connectivity index (χ4v) is 7.28. The van der Waals surface area contributed by atoms with E-state index in [1.165, 1.54) is 26.6 Å². The van der Waals surface area contributed by atoms with Gasteiger partial charge < -0.3 is 24.8 Å². The van der Waals surface area contributed by atoms with Gasteiger partial charge in [-0.2, -0.15) is 10.2 Å². The maximum absolute atomic E-state index is 13.7. The number of carbonyl (C=O) groups excluding carboxylic acids is 3. The molecule has 7 aromatic rings. The van der Waals surface area contributed by atoms with Gasteiger partial charge in [0.1, 0.15) is 12.8 Å². The topological polar surface area (TPSA) is 193 Å². The van der Waals surface area contributed by atoms with Crippen LogP contribution in [-0.4, -0.2) is 83.2 Å². The molecule has 8 rings (SSSR count). The average Bonchev–Trinajstić information content (AvgIpc) is 3.99. The minimum Gasteiger partial charge on any atom is -0.465 e. The molecule has 1 aliphatic heterocycles. The lowest BCUT2D eigenvalue weighted by Crippen LogP contribution is -2.44. The molecule has 0 spiro atoms. The van der Waals surface area contributed by atoms with Gasteiger partial charge in [0, 0.05) is 30.3 Å². The smallest absolute Gasteiger partial charge is 0.411 e. The van der Waals surface area contributed by atoms with E-state index in [4.69, 9.17) is 37.4 Å². The summed E-state index contributed by atoms with van der Waals surface area (Å²) in [4.78, 5) is 57.2. The first-order valence-corrected chi connectivity index (χ1v) is 19.9. The molecule has 1 amide bonds. The summed E-state index contributed by atoms with van der Waals surface area (Å²) in [5.41, 5.74) is 5.15. The number of nitrogens with one attached hydrogen (secondary N) is 2. The van der Waals surface area contributed by atoms with Gasteiger partial charge in [-0.1, -0.05) is 77.8 Å². The first-order chi connectivity index (χ1) is 30.1. The van der Waals surface area contributed by atoms with Crippen LogP contribution >= 0.6 is 23.2 Å². The van der Waals surface area contributed by atoms with Crippen molar-refractivity contribution < 1.29 is 28.6 Å². The Labute approximate surface area is 364 Å². The van der Waals surface area contributed by atoms with E-state index in [2.05, 4.69) is 40.8 Å². The molecule has 62 heavy (non-hydrogen) atoms. The van der Waals surface area contributed by atoms with Gasteiger partial charge >= 0.3 is 18.0 Å².